The summed E-state index contributed by atoms with van der Waals surface area (Å²) in [6.45, 7) is 7.83. The predicted octanol–water partition coefficient (Wildman–Crippen LogP) is 3.26. The van der Waals surface area contributed by atoms with E-state index in [0.29, 0.717) is 12.5 Å². The number of anilines is 1. The van der Waals surface area contributed by atoms with Crippen LogP contribution in [0.25, 0.3) is 0 Å². The van der Waals surface area contributed by atoms with Crippen LogP contribution in [0.5, 0.6) is 5.75 Å². The van der Waals surface area contributed by atoms with E-state index in [0.717, 1.165) is 36.4 Å². The van der Waals surface area contributed by atoms with Gasteiger partial charge in [0.25, 0.3) is 0 Å². The highest BCUT2D eigenvalue weighted by atomic mass is 16.5. The van der Waals surface area contributed by atoms with E-state index in [-0.39, 0.29) is 6.10 Å². The van der Waals surface area contributed by atoms with E-state index in [2.05, 4.69) is 13.8 Å². The molecular formula is C15H23NO2. The Labute approximate surface area is 109 Å². The van der Waals surface area contributed by atoms with E-state index in [4.69, 9.17) is 15.2 Å². The van der Waals surface area contributed by atoms with Gasteiger partial charge in [-0.3, -0.25) is 0 Å². The van der Waals surface area contributed by atoms with Crippen molar-refractivity contribution in [1.29, 1.82) is 0 Å². The Morgan fingerprint density at radius 1 is 1.44 bits per heavy atom. The van der Waals surface area contributed by atoms with Crippen LogP contribution in [0.1, 0.15) is 43.7 Å². The number of hydrogen-bond acceptors (Lipinski definition) is 3. The molecule has 1 aromatic carbocycles. The van der Waals surface area contributed by atoms with Crippen molar-refractivity contribution >= 4 is 5.69 Å². The first-order valence-corrected chi connectivity index (χ1v) is 6.72. The largest absolute Gasteiger partial charge is 0.491 e. The molecule has 1 atom stereocenters. The summed E-state index contributed by atoms with van der Waals surface area (Å²) in [4.78, 5) is 0. The molecule has 0 amide bonds. The zero-order chi connectivity index (χ0) is 13.1. The molecule has 3 nitrogen and oxygen atoms in total. The SMILES string of the molecule is Cc1cc(OCC2CCCO2)c(C(C)C)cc1N. The highest BCUT2D eigenvalue weighted by molar-refractivity contribution is 5.55. The average Bonchev–Trinajstić information content (AvgIpc) is 2.83. The van der Waals surface area contributed by atoms with Crippen molar-refractivity contribution in [3.63, 3.8) is 0 Å². The van der Waals surface area contributed by atoms with Crippen LogP contribution in [0, 0.1) is 6.92 Å². The Hall–Kier alpha value is -1.22. The minimum absolute atomic E-state index is 0.253. The summed E-state index contributed by atoms with van der Waals surface area (Å²) in [6, 6.07) is 4.07. The first kappa shape index (κ1) is 13.2. The zero-order valence-electron chi connectivity index (χ0n) is 11.5. The maximum Gasteiger partial charge on any atom is 0.123 e. The molecule has 0 radical (unpaired) electrons. The van der Waals surface area contributed by atoms with Gasteiger partial charge in [-0.05, 0) is 48.9 Å². The molecule has 1 heterocycles. The third-order valence-electron chi connectivity index (χ3n) is 3.47. The van der Waals surface area contributed by atoms with Crippen LogP contribution in [-0.2, 0) is 4.74 Å². The summed E-state index contributed by atoms with van der Waals surface area (Å²) in [5.74, 6) is 1.36. The summed E-state index contributed by atoms with van der Waals surface area (Å²) >= 11 is 0. The lowest BCUT2D eigenvalue weighted by Gasteiger charge is -2.18. The standard InChI is InChI=1S/C15H23NO2/c1-10(2)13-8-14(16)11(3)7-15(13)18-9-12-5-4-6-17-12/h7-8,10,12H,4-6,9,16H2,1-3H3. The molecule has 0 bridgehead atoms. The first-order valence-electron chi connectivity index (χ1n) is 6.72. The van der Waals surface area contributed by atoms with Crippen LogP contribution in [0.3, 0.4) is 0 Å². The van der Waals surface area contributed by atoms with E-state index in [9.17, 15) is 0 Å². The smallest absolute Gasteiger partial charge is 0.123 e. The molecule has 0 saturated carbocycles. The molecule has 1 aliphatic rings. The van der Waals surface area contributed by atoms with E-state index < -0.39 is 0 Å². The molecule has 0 spiro atoms. The summed E-state index contributed by atoms with van der Waals surface area (Å²) in [5.41, 5.74) is 9.05. The van der Waals surface area contributed by atoms with Gasteiger partial charge in [-0.2, -0.15) is 0 Å². The molecule has 100 valence electrons. The Morgan fingerprint density at radius 2 is 2.22 bits per heavy atom. The van der Waals surface area contributed by atoms with Crippen molar-refractivity contribution in [2.24, 2.45) is 0 Å². The fraction of sp³-hybridized carbons (Fsp3) is 0.600. The van der Waals surface area contributed by atoms with Crippen molar-refractivity contribution in [2.45, 2.75) is 45.6 Å². The third-order valence-corrected chi connectivity index (χ3v) is 3.47. The number of hydrogen-bond donors (Lipinski definition) is 1. The second-order valence-electron chi connectivity index (χ2n) is 5.35. The Balaban J connectivity index is 2.12. The van der Waals surface area contributed by atoms with Gasteiger partial charge in [0.1, 0.15) is 12.4 Å². The monoisotopic (exact) mass is 249 g/mol. The van der Waals surface area contributed by atoms with Crippen LogP contribution in [0.4, 0.5) is 5.69 Å². The highest BCUT2D eigenvalue weighted by Gasteiger charge is 2.17. The van der Waals surface area contributed by atoms with E-state index in [1.54, 1.807) is 0 Å². The molecule has 0 aromatic heterocycles. The maximum atomic E-state index is 5.97. The Bertz CT molecular complexity index is 409. The number of rotatable bonds is 4. The van der Waals surface area contributed by atoms with Gasteiger partial charge >= 0.3 is 0 Å². The van der Waals surface area contributed by atoms with Crippen LogP contribution in [0.15, 0.2) is 12.1 Å². The van der Waals surface area contributed by atoms with Crippen molar-refractivity contribution < 1.29 is 9.47 Å². The van der Waals surface area contributed by atoms with Gasteiger partial charge in [0.05, 0.1) is 6.10 Å². The summed E-state index contributed by atoms with van der Waals surface area (Å²) < 4.78 is 11.5. The second-order valence-corrected chi connectivity index (χ2v) is 5.35. The third kappa shape index (κ3) is 2.96. The second kappa shape index (κ2) is 5.61. The molecule has 3 heteroatoms. The molecule has 2 N–H and O–H groups in total. The van der Waals surface area contributed by atoms with Gasteiger partial charge in [-0.15, -0.1) is 0 Å². The first-order chi connectivity index (χ1) is 8.58. The van der Waals surface area contributed by atoms with Crippen molar-refractivity contribution in [3.8, 4) is 5.75 Å². The van der Waals surface area contributed by atoms with Crippen molar-refractivity contribution in [3.05, 3.63) is 23.3 Å². The fourth-order valence-corrected chi connectivity index (χ4v) is 2.25. The average molecular weight is 249 g/mol. The topological polar surface area (TPSA) is 44.5 Å². The Kier molecular flexibility index (Phi) is 4.12. The minimum Gasteiger partial charge on any atom is -0.491 e. The molecule has 18 heavy (non-hydrogen) atoms. The van der Waals surface area contributed by atoms with Gasteiger partial charge in [-0.25, -0.2) is 0 Å². The van der Waals surface area contributed by atoms with E-state index in [1.807, 2.05) is 19.1 Å². The number of aryl methyl sites for hydroxylation is 1. The lowest BCUT2D eigenvalue weighted by Crippen LogP contribution is -2.17. The molecule has 1 aromatic rings. The van der Waals surface area contributed by atoms with Gasteiger partial charge in [0.2, 0.25) is 0 Å². The number of ether oxygens (including phenoxy) is 2. The normalized spacial score (nSPS) is 19.4. The molecule has 1 saturated heterocycles. The zero-order valence-corrected chi connectivity index (χ0v) is 11.5. The van der Waals surface area contributed by atoms with Crippen LogP contribution in [0.2, 0.25) is 0 Å². The van der Waals surface area contributed by atoms with Crippen LogP contribution >= 0.6 is 0 Å². The van der Waals surface area contributed by atoms with Crippen molar-refractivity contribution in [1.82, 2.24) is 0 Å². The van der Waals surface area contributed by atoms with Gasteiger partial charge in [0, 0.05) is 12.3 Å². The van der Waals surface area contributed by atoms with Crippen LogP contribution in [-0.4, -0.2) is 19.3 Å². The molecule has 2 rings (SSSR count). The van der Waals surface area contributed by atoms with Gasteiger partial charge < -0.3 is 15.2 Å². The number of nitrogens with two attached hydrogens (primary N) is 1. The summed E-state index contributed by atoms with van der Waals surface area (Å²) in [6.07, 6.45) is 2.50. The van der Waals surface area contributed by atoms with Crippen LogP contribution < -0.4 is 10.5 Å². The van der Waals surface area contributed by atoms with E-state index in [1.165, 1.54) is 5.56 Å². The molecule has 0 aliphatic carbocycles. The Morgan fingerprint density at radius 3 is 2.83 bits per heavy atom. The van der Waals surface area contributed by atoms with E-state index >= 15 is 0 Å². The lowest BCUT2D eigenvalue weighted by atomic mass is 9.99. The molecular weight excluding hydrogens is 226 g/mol. The maximum absolute atomic E-state index is 5.97. The molecule has 1 aliphatic heterocycles. The predicted molar refractivity (Wildman–Crippen MR) is 74.1 cm³/mol. The minimum atomic E-state index is 0.253. The molecule has 1 unspecified atom stereocenters. The highest BCUT2D eigenvalue weighted by Crippen LogP contribution is 2.31. The lowest BCUT2D eigenvalue weighted by molar-refractivity contribution is 0.0675. The van der Waals surface area contributed by atoms with Crippen molar-refractivity contribution in [2.75, 3.05) is 18.9 Å². The van der Waals surface area contributed by atoms with Gasteiger partial charge in [0.15, 0.2) is 0 Å². The quantitative estimate of drug-likeness (QED) is 0.833. The van der Waals surface area contributed by atoms with Gasteiger partial charge in [-0.1, -0.05) is 13.8 Å². The summed E-state index contributed by atoms with van der Waals surface area (Å²) in [5, 5.41) is 0. The number of benzene rings is 1. The molecule has 1 fully saturated rings. The fourth-order valence-electron chi connectivity index (χ4n) is 2.25. The summed E-state index contributed by atoms with van der Waals surface area (Å²) in [7, 11) is 0. The number of nitrogen functional groups attached to an aromatic ring is 1.